The van der Waals surface area contributed by atoms with E-state index >= 15 is 0 Å². The van der Waals surface area contributed by atoms with Gasteiger partial charge in [0.1, 0.15) is 0 Å². The molecule has 2 rings (SSSR count). The second-order valence-electron chi connectivity index (χ2n) is 4.22. The van der Waals surface area contributed by atoms with Crippen molar-refractivity contribution in [3.63, 3.8) is 0 Å². The fourth-order valence-corrected chi connectivity index (χ4v) is 1.91. The smallest absolute Gasteiger partial charge is 0.257 e. The molecule has 0 saturated heterocycles. The summed E-state index contributed by atoms with van der Waals surface area (Å²) in [6.45, 7) is 1.86. The maximum Gasteiger partial charge on any atom is 0.257 e. The standard InChI is InChI=1S/C14H14ClN3O.2BrH.H2O/c1-9(16)10-2-3-12(13(15)8-10)14(19)18-11-4-6-17-7-5-11;;;/h2-9H,16H2,1H3,(H,17,18,19);2*1H;1H2. The van der Waals surface area contributed by atoms with Crippen molar-refractivity contribution in [1.82, 2.24) is 4.98 Å². The van der Waals surface area contributed by atoms with Gasteiger partial charge in [-0.05, 0) is 36.8 Å². The van der Waals surface area contributed by atoms with E-state index in [1.165, 1.54) is 0 Å². The highest BCUT2D eigenvalue weighted by Crippen LogP contribution is 2.22. The number of benzene rings is 1. The summed E-state index contributed by atoms with van der Waals surface area (Å²) in [5, 5.41) is 3.14. The van der Waals surface area contributed by atoms with Gasteiger partial charge >= 0.3 is 0 Å². The molecule has 0 aliphatic rings. The van der Waals surface area contributed by atoms with Gasteiger partial charge in [-0.1, -0.05) is 17.7 Å². The van der Waals surface area contributed by atoms with Crippen LogP contribution in [0.3, 0.4) is 0 Å². The maximum absolute atomic E-state index is 12.1. The van der Waals surface area contributed by atoms with Gasteiger partial charge < -0.3 is 16.5 Å². The number of hydrogen-bond acceptors (Lipinski definition) is 3. The third-order valence-corrected chi connectivity index (χ3v) is 3.01. The molecule has 0 fully saturated rings. The highest BCUT2D eigenvalue weighted by Gasteiger charge is 2.12. The van der Waals surface area contributed by atoms with Crippen molar-refractivity contribution < 1.29 is 10.3 Å². The normalized spacial score (nSPS) is 10.3. The van der Waals surface area contributed by atoms with E-state index in [4.69, 9.17) is 17.3 Å². The summed E-state index contributed by atoms with van der Waals surface area (Å²) < 4.78 is 0. The molecule has 1 amide bonds. The van der Waals surface area contributed by atoms with Crippen molar-refractivity contribution in [1.29, 1.82) is 0 Å². The summed E-state index contributed by atoms with van der Waals surface area (Å²) >= 11 is 6.11. The summed E-state index contributed by atoms with van der Waals surface area (Å²) in [7, 11) is 0. The first-order valence-electron chi connectivity index (χ1n) is 5.84. The molecule has 5 nitrogen and oxygen atoms in total. The van der Waals surface area contributed by atoms with Crippen molar-refractivity contribution in [3.05, 3.63) is 58.9 Å². The molecule has 0 saturated carbocycles. The number of nitrogens with two attached hydrogens (primary N) is 1. The number of anilines is 1. The Morgan fingerprint density at radius 1 is 1.23 bits per heavy atom. The second-order valence-corrected chi connectivity index (χ2v) is 4.63. The largest absolute Gasteiger partial charge is 0.412 e. The highest BCUT2D eigenvalue weighted by atomic mass is 79.9. The lowest BCUT2D eigenvalue weighted by Crippen LogP contribution is -2.13. The van der Waals surface area contributed by atoms with E-state index in [0.717, 1.165) is 5.56 Å². The lowest BCUT2D eigenvalue weighted by molar-refractivity contribution is 0.102. The van der Waals surface area contributed by atoms with Crippen molar-refractivity contribution in [3.8, 4) is 0 Å². The predicted octanol–water partition coefficient (Wildman–Crippen LogP) is 3.34. The van der Waals surface area contributed by atoms with E-state index in [9.17, 15) is 4.79 Å². The molecule has 22 heavy (non-hydrogen) atoms. The van der Waals surface area contributed by atoms with Gasteiger partial charge in [0.25, 0.3) is 5.91 Å². The van der Waals surface area contributed by atoms with Gasteiger partial charge in [0.2, 0.25) is 0 Å². The molecule has 1 aromatic carbocycles. The molecule has 1 heterocycles. The molecule has 0 spiro atoms. The fourth-order valence-electron chi connectivity index (χ4n) is 1.63. The van der Waals surface area contributed by atoms with E-state index in [-0.39, 0.29) is 51.4 Å². The van der Waals surface area contributed by atoms with Crippen LogP contribution in [-0.2, 0) is 0 Å². The maximum atomic E-state index is 12.1. The zero-order chi connectivity index (χ0) is 13.8. The summed E-state index contributed by atoms with van der Waals surface area (Å²) in [6.07, 6.45) is 3.22. The molecule has 1 atom stereocenters. The molecule has 0 aliphatic carbocycles. The van der Waals surface area contributed by atoms with Crippen LogP contribution in [-0.4, -0.2) is 16.4 Å². The number of nitrogens with zero attached hydrogens (tertiary/aromatic N) is 1. The van der Waals surface area contributed by atoms with E-state index in [0.29, 0.717) is 16.3 Å². The summed E-state index contributed by atoms with van der Waals surface area (Å²) in [5.74, 6) is -0.257. The summed E-state index contributed by atoms with van der Waals surface area (Å²) in [6, 6.07) is 8.50. The molecular formula is C14H18Br2ClN3O2. The topological polar surface area (TPSA) is 99.5 Å². The number of halogens is 3. The molecule has 5 N–H and O–H groups in total. The SMILES string of the molecule is Br.Br.CC(N)c1ccc(C(=O)Nc2ccncc2)c(Cl)c1.O. The van der Waals surface area contributed by atoms with Crippen LogP contribution in [0.25, 0.3) is 0 Å². The first-order chi connectivity index (χ1) is 9.08. The molecule has 0 bridgehead atoms. The van der Waals surface area contributed by atoms with Gasteiger partial charge in [-0.3, -0.25) is 9.78 Å². The van der Waals surface area contributed by atoms with E-state index in [1.807, 2.05) is 6.92 Å². The first-order valence-corrected chi connectivity index (χ1v) is 6.22. The highest BCUT2D eigenvalue weighted by molar-refractivity contribution is 8.93. The molecule has 122 valence electrons. The molecule has 2 aromatic rings. The minimum atomic E-state index is -0.257. The van der Waals surface area contributed by atoms with E-state index < -0.39 is 0 Å². The Morgan fingerprint density at radius 2 is 1.82 bits per heavy atom. The lowest BCUT2D eigenvalue weighted by Gasteiger charge is -2.10. The number of rotatable bonds is 3. The van der Waals surface area contributed by atoms with Crippen LogP contribution >= 0.6 is 45.6 Å². The predicted molar refractivity (Wildman–Crippen MR) is 101 cm³/mol. The van der Waals surface area contributed by atoms with Gasteiger partial charge in [0, 0.05) is 24.1 Å². The molecule has 1 aromatic heterocycles. The number of nitrogens with one attached hydrogen (secondary N) is 1. The Morgan fingerprint density at radius 3 is 2.32 bits per heavy atom. The van der Waals surface area contributed by atoms with Crippen LogP contribution in [0.1, 0.15) is 28.9 Å². The van der Waals surface area contributed by atoms with Crippen LogP contribution in [0, 0.1) is 0 Å². The van der Waals surface area contributed by atoms with Crippen molar-refractivity contribution >= 4 is 57.2 Å². The molecule has 0 aliphatic heterocycles. The zero-order valence-corrected chi connectivity index (χ0v) is 15.9. The minimum Gasteiger partial charge on any atom is -0.412 e. The van der Waals surface area contributed by atoms with Gasteiger partial charge in [-0.15, -0.1) is 34.0 Å². The molecular weight excluding hydrogens is 437 g/mol. The molecule has 0 radical (unpaired) electrons. The van der Waals surface area contributed by atoms with Crippen LogP contribution in [0.4, 0.5) is 5.69 Å². The van der Waals surface area contributed by atoms with E-state index in [2.05, 4.69) is 10.3 Å². The van der Waals surface area contributed by atoms with E-state index in [1.54, 1.807) is 42.7 Å². The van der Waals surface area contributed by atoms with Crippen molar-refractivity contribution in [2.24, 2.45) is 5.73 Å². The lowest BCUT2D eigenvalue weighted by atomic mass is 10.1. The number of aromatic nitrogens is 1. The van der Waals surface area contributed by atoms with Crippen molar-refractivity contribution in [2.45, 2.75) is 13.0 Å². The summed E-state index contributed by atoms with van der Waals surface area (Å²) in [4.78, 5) is 16.0. The van der Waals surface area contributed by atoms with Gasteiger partial charge in [-0.2, -0.15) is 0 Å². The van der Waals surface area contributed by atoms with Crippen LogP contribution < -0.4 is 11.1 Å². The number of pyridine rings is 1. The molecule has 1 unspecified atom stereocenters. The second kappa shape index (κ2) is 10.7. The Balaban J connectivity index is 0. The monoisotopic (exact) mass is 453 g/mol. The Labute approximate surface area is 155 Å². The minimum absolute atomic E-state index is 0. The number of carbonyl (C=O) groups excluding carboxylic acids is 1. The van der Waals surface area contributed by atoms with Crippen LogP contribution in [0.5, 0.6) is 0 Å². The number of carbonyl (C=O) groups is 1. The zero-order valence-electron chi connectivity index (χ0n) is 11.7. The van der Waals surface area contributed by atoms with Gasteiger partial charge in [0.15, 0.2) is 0 Å². The third-order valence-electron chi connectivity index (χ3n) is 2.70. The van der Waals surface area contributed by atoms with Crippen molar-refractivity contribution in [2.75, 3.05) is 5.32 Å². The number of amides is 1. The third kappa shape index (κ3) is 6.02. The average Bonchev–Trinajstić information content (AvgIpc) is 2.39. The first kappa shape index (κ1) is 23.3. The Bertz CT molecular complexity index is 598. The average molecular weight is 456 g/mol. The Hall–Kier alpha value is -0.990. The Kier molecular flexibility index (Phi) is 11.3. The van der Waals surface area contributed by atoms with Gasteiger partial charge in [0.05, 0.1) is 10.6 Å². The summed E-state index contributed by atoms with van der Waals surface area (Å²) in [5.41, 5.74) is 7.75. The van der Waals surface area contributed by atoms with Gasteiger partial charge in [-0.25, -0.2) is 0 Å². The van der Waals surface area contributed by atoms with Crippen LogP contribution in [0.15, 0.2) is 42.7 Å². The fraction of sp³-hybridized carbons (Fsp3) is 0.143. The quantitative estimate of drug-likeness (QED) is 0.742. The molecule has 8 heteroatoms. The van der Waals surface area contributed by atoms with Crippen LogP contribution in [0.2, 0.25) is 5.02 Å². The number of hydrogen-bond donors (Lipinski definition) is 2.